The van der Waals surface area contributed by atoms with E-state index in [1.54, 1.807) is 0 Å². The first-order valence-electron chi connectivity index (χ1n) is 6.91. The number of fused-ring (bicyclic) bond motifs is 1. The molecule has 0 aliphatic carbocycles. The van der Waals surface area contributed by atoms with Crippen LogP contribution in [0.4, 0.5) is 5.69 Å². The lowest BCUT2D eigenvalue weighted by Gasteiger charge is -2.35. The molecule has 0 unspecified atom stereocenters. The summed E-state index contributed by atoms with van der Waals surface area (Å²) in [6.45, 7) is 3.50. The Balaban J connectivity index is 1.78. The molecule has 0 radical (unpaired) electrons. The Hall–Kier alpha value is -2.07. The first-order chi connectivity index (χ1) is 9.74. The van der Waals surface area contributed by atoms with Gasteiger partial charge >= 0.3 is 5.97 Å². The fourth-order valence-electron chi connectivity index (χ4n) is 2.82. The van der Waals surface area contributed by atoms with Crippen molar-refractivity contribution in [3.05, 3.63) is 42.5 Å². The Kier molecular flexibility index (Phi) is 3.56. The van der Waals surface area contributed by atoms with Crippen molar-refractivity contribution in [2.24, 2.45) is 0 Å². The highest BCUT2D eigenvalue weighted by atomic mass is 16.4. The third-order valence-electron chi connectivity index (χ3n) is 3.84. The zero-order valence-corrected chi connectivity index (χ0v) is 11.3. The van der Waals surface area contributed by atoms with Crippen LogP contribution in [-0.4, -0.2) is 48.7 Å². The van der Waals surface area contributed by atoms with Gasteiger partial charge in [0.1, 0.15) is 0 Å². The number of nitrogens with zero attached hydrogens (tertiary/aromatic N) is 2. The van der Waals surface area contributed by atoms with Crippen molar-refractivity contribution in [1.29, 1.82) is 0 Å². The summed E-state index contributed by atoms with van der Waals surface area (Å²) in [4.78, 5) is 15.1. The monoisotopic (exact) mass is 270 g/mol. The predicted molar refractivity (Wildman–Crippen MR) is 80.2 cm³/mol. The normalized spacial score (nSPS) is 16.5. The van der Waals surface area contributed by atoms with Crippen molar-refractivity contribution in [3.8, 4) is 0 Å². The number of carboxylic acid groups (broad SMARTS) is 1. The lowest BCUT2D eigenvalue weighted by Crippen LogP contribution is -2.48. The van der Waals surface area contributed by atoms with Crippen LogP contribution in [0.2, 0.25) is 0 Å². The first-order valence-corrected chi connectivity index (χ1v) is 6.91. The number of anilines is 1. The van der Waals surface area contributed by atoms with Gasteiger partial charge < -0.3 is 10.0 Å². The quantitative estimate of drug-likeness (QED) is 0.927. The van der Waals surface area contributed by atoms with Gasteiger partial charge in [-0.05, 0) is 11.5 Å². The summed E-state index contributed by atoms with van der Waals surface area (Å²) in [5.74, 6) is -0.747. The molecule has 4 heteroatoms. The van der Waals surface area contributed by atoms with Crippen molar-refractivity contribution in [2.75, 3.05) is 37.6 Å². The van der Waals surface area contributed by atoms with Crippen LogP contribution >= 0.6 is 0 Å². The number of piperazine rings is 1. The third-order valence-corrected chi connectivity index (χ3v) is 3.84. The van der Waals surface area contributed by atoms with Gasteiger partial charge in [-0.2, -0.15) is 0 Å². The number of hydrogen-bond acceptors (Lipinski definition) is 3. The number of carboxylic acids is 1. The second-order valence-electron chi connectivity index (χ2n) is 5.16. The van der Waals surface area contributed by atoms with E-state index in [1.165, 1.54) is 16.5 Å². The molecular weight excluding hydrogens is 252 g/mol. The molecule has 0 saturated carbocycles. The minimum Gasteiger partial charge on any atom is -0.480 e. The van der Waals surface area contributed by atoms with E-state index in [4.69, 9.17) is 5.11 Å². The molecule has 3 rings (SSSR count). The van der Waals surface area contributed by atoms with Crippen LogP contribution in [0.5, 0.6) is 0 Å². The van der Waals surface area contributed by atoms with Gasteiger partial charge in [-0.15, -0.1) is 0 Å². The number of benzene rings is 2. The maximum atomic E-state index is 10.7. The summed E-state index contributed by atoms with van der Waals surface area (Å²) in [5.41, 5.74) is 1.25. The summed E-state index contributed by atoms with van der Waals surface area (Å²) in [6.07, 6.45) is 0. The Morgan fingerprint density at radius 2 is 1.70 bits per heavy atom. The van der Waals surface area contributed by atoms with Crippen molar-refractivity contribution in [1.82, 2.24) is 4.90 Å². The topological polar surface area (TPSA) is 43.8 Å². The highest BCUT2D eigenvalue weighted by Gasteiger charge is 2.19. The number of hydrogen-bond donors (Lipinski definition) is 1. The second kappa shape index (κ2) is 5.51. The van der Waals surface area contributed by atoms with Gasteiger partial charge in [0.2, 0.25) is 0 Å². The van der Waals surface area contributed by atoms with Gasteiger partial charge in [-0.25, -0.2) is 0 Å². The zero-order valence-electron chi connectivity index (χ0n) is 11.3. The molecule has 20 heavy (non-hydrogen) atoms. The minimum atomic E-state index is -0.747. The molecule has 0 aromatic heterocycles. The summed E-state index contributed by atoms with van der Waals surface area (Å²) >= 11 is 0. The van der Waals surface area contributed by atoms with Crippen LogP contribution in [0.25, 0.3) is 10.8 Å². The molecule has 1 aliphatic rings. The van der Waals surface area contributed by atoms with Crippen molar-refractivity contribution < 1.29 is 9.90 Å². The minimum absolute atomic E-state index is 0.142. The molecule has 1 N–H and O–H groups in total. The van der Waals surface area contributed by atoms with Gasteiger partial charge in [-0.1, -0.05) is 36.4 Å². The molecule has 0 atom stereocenters. The first kappa shape index (κ1) is 12.9. The average molecular weight is 270 g/mol. The highest BCUT2D eigenvalue weighted by molar-refractivity contribution is 5.94. The summed E-state index contributed by atoms with van der Waals surface area (Å²) in [5, 5.41) is 11.3. The van der Waals surface area contributed by atoms with Gasteiger partial charge in [0.15, 0.2) is 0 Å². The molecule has 0 amide bonds. The standard InChI is InChI=1S/C16H18N2O2/c19-16(20)12-17-8-10-18(11-9-17)15-7-3-5-13-4-1-2-6-14(13)15/h1-7H,8-12H2,(H,19,20). The van der Waals surface area contributed by atoms with Crippen LogP contribution in [0.15, 0.2) is 42.5 Å². The van der Waals surface area contributed by atoms with Crippen LogP contribution in [0.1, 0.15) is 0 Å². The van der Waals surface area contributed by atoms with E-state index < -0.39 is 5.97 Å². The van der Waals surface area contributed by atoms with Crippen LogP contribution in [0, 0.1) is 0 Å². The van der Waals surface area contributed by atoms with Gasteiger partial charge in [0.05, 0.1) is 6.54 Å². The van der Waals surface area contributed by atoms with Crippen LogP contribution in [0.3, 0.4) is 0 Å². The third kappa shape index (κ3) is 2.60. The van der Waals surface area contributed by atoms with Crippen molar-refractivity contribution in [3.63, 3.8) is 0 Å². The lowest BCUT2D eigenvalue weighted by atomic mass is 10.1. The summed E-state index contributed by atoms with van der Waals surface area (Å²) in [7, 11) is 0. The smallest absolute Gasteiger partial charge is 0.317 e. The number of carbonyl (C=O) groups is 1. The molecule has 0 bridgehead atoms. The Bertz CT molecular complexity index is 613. The highest BCUT2D eigenvalue weighted by Crippen LogP contribution is 2.27. The molecule has 1 heterocycles. The maximum absolute atomic E-state index is 10.7. The van der Waals surface area contributed by atoms with E-state index in [9.17, 15) is 4.79 Å². The van der Waals surface area contributed by atoms with E-state index in [-0.39, 0.29) is 6.54 Å². The Morgan fingerprint density at radius 1 is 1.00 bits per heavy atom. The van der Waals surface area contributed by atoms with E-state index in [0.29, 0.717) is 0 Å². The van der Waals surface area contributed by atoms with Crippen molar-refractivity contribution >= 4 is 22.4 Å². The van der Waals surface area contributed by atoms with E-state index in [0.717, 1.165) is 26.2 Å². The predicted octanol–water partition coefficient (Wildman–Crippen LogP) is 2.05. The van der Waals surface area contributed by atoms with Gasteiger partial charge in [0.25, 0.3) is 0 Å². The average Bonchev–Trinajstić information content (AvgIpc) is 2.47. The fraction of sp³-hybridized carbons (Fsp3) is 0.312. The lowest BCUT2D eigenvalue weighted by molar-refractivity contribution is -0.138. The van der Waals surface area contributed by atoms with Crippen LogP contribution in [-0.2, 0) is 4.79 Å². The molecule has 2 aromatic rings. The maximum Gasteiger partial charge on any atom is 0.317 e. The molecule has 2 aromatic carbocycles. The second-order valence-corrected chi connectivity index (χ2v) is 5.16. The fourth-order valence-corrected chi connectivity index (χ4v) is 2.82. The molecule has 4 nitrogen and oxygen atoms in total. The molecule has 104 valence electrons. The van der Waals surface area contributed by atoms with E-state index in [1.807, 2.05) is 4.90 Å². The molecule has 1 aliphatic heterocycles. The molecule has 1 saturated heterocycles. The van der Waals surface area contributed by atoms with E-state index >= 15 is 0 Å². The zero-order chi connectivity index (χ0) is 13.9. The Labute approximate surface area is 118 Å². The van der Waals surface area contributed by atoms with Crippen molar-refractivity contribution in [2.45, 2.75) is 0 Å². The SMILES string of the molecule is O=C(O)CN1CCN(c2cccc3ccccc23)CC1. The molecule has 1 fully saturated rings. The Morgan fingerprint density at radius 3 is 2.45 bits per heavy atom. The number of aliphatic carboxylic acids is 1. The summed E-state index contributed by atoms with van der Waals surface area (Å²) < 4.78 is 0. The summed E-state index contributed by atoms with van der Waals surface area (Å²) in [6, 6.07) is 14.7. The number of rotatable bonds is 3. The van der Waals surface area contributed by atoms with Gasteiger partial charge in [0, 0.05) is 37.3 Å². The van der Waals surface area contributed by atoms with Gasteiger partial charge in [-0.3, -0.25) is 9.69 Å². The van der Waals surface area contributed by atoms with E-state index in [2.05, 4.69) is 47.4 Å². The molecular formula is C16H18N2O2. The van der Waals surface area contributed by atoms with Crippen LogP contribution < -0.4 is 4.90 Å². The largest absolute Gasteiger partial charge is 0.480 e. The molecule has 0 spiro atoms.